The molecule has 0 spiro atoms. The van der Waals surface area contributed by atoms with Crippen molar-refractivity contribution in [1.29, 1.82) is 0 Å². The second-order valence-corrected chi connectivity index (χ2v) is 5.27. The van der Waals surface area contributed by atoms with Crippen LogP contribution in [0, 0.1) is 11.8 Å². The Morgan fingerprint density at radius 3 is 2.76 bits per heavy atom. The molecule has 0 saturated carbocycles. The van der Waals surface area contributed by atoms with Crippen LogP contribution in [0.3, 0.4) is 0 Å². The van der Waals surface area contributed by atoms with E-state index in [1.807, 2.05) is 0 Å². The van der Waals surface area contributed by atoms with Gasteiger partial charge in [0.25, 0.3) is 0 Å². The highest BCUT2D eigenvalue weighted by atomic mass is 32.1. The van der Waals surface area contributed by atoms with E-state index in [4.69, 9.17) is 18.0 Å². The molecule has 2 rings (SSSR count). The van der Waals surface area contributed by atoms with Gasteiger partial charge in [-0.05, 0) is 18.3 Å². The first kappa shape index (κ1) is 12.2. The Morgan fingerprint density at radius 1 is 1.47 bits per heavy atom. The Morgan fingerprint density at radius 2 is 2.18 bits per heavy atom. The average molecular weight is 250 g/mol. The van der Waals surface area contributed by atoms with E-state index in [2.05, 4.69) is 28.7 Å². The van der Waals surface area contributed by atoms with Gasteiger partial charge in [0.2, 0.25) is 0 Å². The number of hydrogen-bond acceptors (Lipinski definition) is 4. The zero-order valence-corrected chi connectivity index (χ0v) is 11.1. The van der Waals surface area contributed by atoms with Crippen LogP contribution >= 0.6 is 12.2 Å². The van der Waals surface area contributed by atoms with Crippen LogP contribution in [0.2, 0.25) is 0 Å². The van der Waals surface area contributed by atoms with Gasteiger partial charge in [-0.2, -0.15) is 0 Å². The molecule has 17 heavy (non-hydrogen) atoms. The number of rotatable bonds is 3. The molecule has 0 aliphatic carbocycles. The van der Waals surface area contributed by atoms with Gasteiger partial charge in [-0.25, -0.2) is 9.97 Å². The van der Waals surface area contributed by atoms with Gasteiger partial charge in [-0.3, -0.25) is 0 Å². The molecule has 1 unspecified atom stereocenters. The second-order valence-electron chi connectivity index (χ2n) is 4.83. The summed E-state index contributed by atoms with van der Waals surface area (Å²) in [6.45, 7) is 6.56. The van der Waals surface area contributed by atoms with Crippen molar-refractivity contribution >= 4 is 23.0 Å². The van der Waals surface area contributed by atoms with Gasteiger partial charge in [0.05, 0.1) is 0 Å². The smallest absolute Gasteiger partial charge is 0.157 e. The van der Waals surface area contributed by atoms with Crippen LogP contribution in [0.4, 0.5) is 5.82 Å². The van der Waals surface area contributed by atoms with Crippen LogP contribution in [-0.4, -0.2) is 28.0 Å². The molecule has 1 aromatic rings. The van der Waals surface area contributed by atoms with Crippen molar-refractivity contribution in [3.05, 3.63) is 18.1 Å². The SMILES string of the molecule is CC(C)C1CCN(c2nccnc2C(N)=S)C1. The normalized spacial score (nSPS) is 19.9. The maximum Gasteiger partial charge on any atom is 0.157 e. The Balaban J connectivity index is 2.21. The van der Waals surface area contributed by atoms with E-state index in [0.717, 1.165) is 24.8 Å². The molecule has 2 heterocycles. The Hall–Kier alpha value is -1.23. The van der Waals surface area contributed by atoms with E-state index in [0.29, 0.717) is 16.6 Å². The molecule has 1 aliphatic heterocycles. The monoisotopic (exact) mass is 250 g/mol. The minimum Gasteiger partial charge on any atom is -0.388 e. The lowest BCUT2D eigenvalue weighted by molar-refractivity contribution is 0.422. The lowest BCUT2D eigenvalue weighted by atomic mass is 9.95. The van der Waals surface area contributed by atoms with Crippen molar-refractivity contribution in [3.63, 3.8) is 0 Å². The highest BCUT2D eigenvalue weighted by molar-refractivity contribution is 7.80. The molecule has 5 heteroatoms. The quantitative estimate of drug-likeness (QED) is 0.826. The number of thiocarbonyl (C=S) groups is 1. The molecule has 1 fully saturated rings. The Labute approximate surface area is 107 Å². The molecule has 1 atom stereocenters. The highest BCUT2D eigenvalue weighted by Crippen LogP contribution is 2.28. The summed E-state index contributed by atoms with van der Waals surface area (Å²) in [7, 11) is 0. The second kappa shape index (κ2) is 4.96. The summed E-state index contributed by atoms with van der Waals surface area (Å²) in [6.07, 6.45) is 4.53. The fourth-order valence-electron chi connectivity index (χ4n) is 2.26. The van der Waals surface area contributed by atoms with Crippen molar-refractivity contribution in [2.45, 2.75) is 20.3 Å². The van der Waals surface area contributed by atoms with Crippen LogP contribution in [0.1, 0.15) is 26.0 Å². The molecule has 0 aromatic carbocycles. The first-order chi connectivity index (χ1) is 8.09. The fourth-order valence-corrected chi connectivity index (χ4v) is 2.40. The van der Waals surface area contributed by atoms with Gasteiger partial charge >= 0.3 is 0 Å². The van der Waals surface area contributed by atoms with Crippen molar-refractivity contribution in [2.75, 3.05) is 18.0 Å². The van der Waals surface area contributed by atoms with Crippen LogP contribution < -0.4 is 10.6 Å². The molecule has 2 N–H and O–H groups in total. The van der Waals surface area contributed by atoms with Gasteiger partial charge in [0.15, 0.2) is 5.82 Å². The van der Waals surface area contributed by atoms with E-state index in [1.54, 1.807) is 12.4 Å². The summed E-state index contributed by atoms with van der Waals surface area (Å²) in [5, 5.41) is 0. The molecular weight excluding hydrogens is 232 g/mol. The summed E-state index contributed by atoms with van der Waals surface area (Å²) >= 11 is 5.01. The molecule has 0 amide bonds. The Bertz CT molecular complexity index is 419. The summed E-state index contributed by atoms with van der Waals surface area (Å²) in [5.41, 5.74) is 6.32. The van der Waals surface area contributed by atoms with Crippen LogP contribution in [0.15, 0.2) is 12.4 Å². The first-order valence-corrected chi connectivity index (χ1v) is 6.36. The molecule has 0 bridgehead atoms. The minimum absolute atomic E-state index is 0.320. The minimum atomic E-state index is 0.320. The molecule has 1 saturated heterocycles. The van der Waals surface area contributed by atoms with Crippen molar-refractivity contribution in [2.24, 2.45) is 17.6 Å². The zero-order valence-electron chi connectivity index (χ0n) is 10.3. The van der Waals surface area contributed by atoms with E-state index < -0.39 is 0 Å². The average Bonchev–Trinajstić information content (AvgIpc) is 2.78. The summed E-state index contributed by atoms with van der Waals surface area (Å²) in [6, 6.07) is 0. The first-order valence-electron chi connectivity index (χ1n) is 5.95. The lowest BCUT2D eigenvalue weighted by Crippen LogP contribution is -2.26. The number of nitrogens with two attached hydrogens (primary N) is 1. The van der Waals surface area contributed by atoms with Gasteiger partial charge in [-0.15, -0.1) is 0 Å². The third-order valence-electron chi connectivity index (χ3n) is 3.38. The van der Waals surface area contributed by atoms with Crippen molar-refractivity contribution in [3.8, 4) is 0 Å². The zero-order chi connectivity index (χ0) is 12.4. The van der Waals surface area contributed by atoms with Crippen LogP contribution in [0.25, 0.3) is 0 Å². The summed E-state index contributed by atoms with van der Waals surface area (Å²) in [5.74, 6) is 2.25. The van der Waals surface area contributed by atoms with Gasteiger partial charge in [0.1, 0.15) is 10.7 Å². The third kappa shape index (κ3) is 2.54. The number of hydrogen-bond donors (Lipinski definition) is 1. The van der Waals surface area contributed by atoms with Crippen molar-refractivity contribution < 1.29 is 0 Å². The van der Waals surface area contributed by atoms with E-state index >= 15 is 0 Å². The van der Waals surface area contributed by atoms with Crippen LogP contribution in [-0.2, 0) is 0 Å². The van der Waals surface area contributed by atoms with Crippen molar-refractivity contribution in [1.82, 2.24) is 9.97 Å². The lowest BCUT2D eigenvalue weighted by Gasteiger charge is -2.20. The van der Waals surface area contributed by atoms with E-state index in [-0.39, 0.29) is 0 Å². The van der Waals surface area contributed by atoms with E-state index in [1.165, 1.54) is 6.42 Å². The largest absolute Gasteiger partial charge is 0.388 e. The fraction of sp³-hybridized carbons (Fsp3) is 0.583. The third-order valence-corrected chi connectivity index (χ3v) is 3.57. The highest BCUT2D eigenvalue weighted by Gasteiger charge is 2.27. The van der Waals surface area contributed by atoms with Gasteiger partial charge < -0.3 is 10.6 Å². The predicted molar refractivity (Wildman–Crippen MR) is 73.1 cm³/mol. The Kier molecular flexibility index (Phi) is 3.57. The maximum atomic E-state index is 5.68. The summed E-state index contributed by atoms with van der Waals surface area (Å²) < 4.78 is 0. The molecule has 4 nitrogen and oxygen atoms in total. The molecule has 0 radical (unpaired) electrons. The number of nitrogens with zero attached hydrogens (tertiary/aromatic N) is 3. The van der Waals surface area contributed by atoms with E-state index in [9.17, 15) is 0 Å². The van der Waals surface area contributed by atoms with Gasteiger partial charge in [0, 0.05) is 25.5 Å². The predicted octanol–water partition coefficient (Wildman–Crippen LogP) is 1.59. The molecule has 1 aliphatic rings. The molecular formula is C12H18N4S. The topological polar surface area (TPSA) is 55.0 Å². The van der Waals surface area contributed by atoms with Gasteiger partial charge in [-0.1, -0.05) is 26.1 Å². The summed E-state index contributed by atoms with van der Waals surface area (Å²) in [4.78, 5) is 11.2. The standard InChI is InChI=1S/C12H18N4S/c1-8(2)9-3-6-16(7-9)12-10(11(13)17)14-4-5-15-12/h4-5,8-9H,3,6-7H2,1-2H3,(H2,13,17). The molecule has 1 aromatic heterocycles. The number of anilines is 1. The molecule has 92 valence electrons. The number of aromatic nitrogens is 2. The van der Waals surface area contributed by atoms with Crippen LogP contribution in [0.5, 0.6) is 0 Å². The maximum absolute atomic E-state index is 5.68.